The van der Waals surface area contributed by atoms with Gasteiger partial charge in [-0.3, -0.25) is 9.69 Å². The molecule has 1 N–H and O–H groups in total. The van der Waals surface area contributed by atoms with Crippen LogP contribution in [0.3, 0.4) is 0 Å². The average molecular weight is 408 g/mol. The number of para-hydroxylation sites is 1. The van der Waals surface area contributed by atoms with E-state index >= 15 is 0 Å². The van der Waals surface area contributed by atoms with Gasteiger partial charge in [0, 0.05) is 36.9 Å². The van der Waals surface area contributed by atoms with Crippen LogP contribution in [0.4, 0.5) is 5.69 Å². The van der Waals surface area contributed by atoms with Crippen LogP contribution in [0.2, 0.25) is 5.02 Å². The summed E-state index contributed by atoms with van der Waals surface area (Å²) in [6, 6.07) is 15.2. The van der Waals surface area contributed by atoms with Crippen molar-refractivity contribution in [1.29, 1.82) is 0 Å². The average Bonchev–Trinajstić information content (AvgIpc) is 2.68. The molecule has 8 heteroatoms. The highest BCUT2D eigenvalue weighted by molar-refractivity contribution is 7.89. The van der Waals surface area contributed by atoms with Gasteiger partial charge in [0.25, 0.3) is 0 Å². The van der Waals surface area contributed by atoms with E-state index < -0.39 is 10.0 Å². The number of nitrogens with zero attached hydrogens (tertiary/aromatic N) is 2. The van der Waals surface area contributed by atoms with Crippen LogP contribution >= 0.6 is 11.6 Å². The zero-order chi connectivity index (χ0) is 19.4. The molecule has 0 radical (unpaired) electrons. The lowest BCUT2D eigenvalue weighted by atomic mass is 10.2. The van der Waals surface area contributed by atoms with Crippen LogP contribution in [0, 0.1) is 0 Å². The molecule has 1 atom stereocenters. The predicted octanol–water partition coefficient (Wildman–Crippen LogP) is 2.67. The number of nitrogens with one attached hydrogen (secondary N) is 1. The fraction of sp³-hybridized carbons (Fsp3) is 0.316. The Bertz CT molecular complexity index is 897. The summed E-state index contributed by atoms with van der Waals surface area (Å²) in [4.78, 5) is 14.6. The number of rotatable bonds is 5. The number of piperazine rings is 1. The Morgan fingerprint density at radius 1 is 1.04 bits per heavy atom. The fourth-order valence-corrected chi connectivity index (χ4v) is 4.77. The van der Waals surface area contributed by atoms with Gasteiger partial charge in [-0.25, -0.2) is 8.42 Å². The van der Waals surface area contributed by atoms with Crippen LogP contribution < -0.4 is 5.32 Å². The quantitative estimate of drug-likeness (QED) is 0.827. The van der Waals surface area contributed by atoms with Crippen LogP contribution in [0.5, 0.6) is 0 Å². The van der Waals surface area contributed by atoms with E-state index in [0.29, 0.717) is 31.2 Å². The number of hydrogen-bond donors (Lipinski definition) is 1. The molecule has 27 heavy (non-hydrogen) atoms. The van der Waals surface area contributed by atoms with Crippen molar-refractivity contribution >= 4 is 33.2 Å². The van der Waals surface area contributed by atoms with Gasteiger partial charge in [0.2, 0.25) is 15.9 Å². The van der Waals surface area contributed by atoms with Crippen molar-refractivity contribution in [2.24, 2.45) is 0 Å². The van der Waals surface area contributed by atoms with E-state index in [2.05, 4.69) is 5.32 Å². The number of sulfonamides is 1. The van der Waals surface area contributed by atoms with Gasteiger partial charge in [-0.2, -0.15) is 4.31 Å². The lowest BCUT2D eigenvalue weighted by molar-refractivity contribution is -0.121. The van der Waals surface area contributed by atoms with E-state index in [1.54, 1.807) is 18.2 Å². The van der Waals surface area contributed by atoms with Crippen LogP contribution in [0.25, 0.3) is 0 Å². The molecule has 0 unspecified atom stereocenters. The normalized spacial score (nSPS) is 17.4. The van der Waals surface area contributed by atoms with Crippen molar-refractivity contribution in [3.05, 3.63) is 59.6 Å². The first-order chi connectivity index (χ1) is 12.9. The Hall–Kier alpha value is -1.93. The molecule has 2 aromatic carbocycles. The highest BCUT2D eigenvalue weighted by atomic mass is 35.5. The largest absolute Gasteiger partial charge is 0.325 e. The number of anilines is 1. The molecule has 0 aliphatic carbocycles. The molecular weight excluding hydrogens is 386 g/mol. The molecular formula is C19H22ClN3O3S. The standard InChI is InChI=1S/C19H22ClN3O3S/c1-15(19(24)21-17-7-3-2-4-8-17)22-10-12-23(13-11-22)27(25,26)18-9-5-6-16(20)14-18/h2-9,14-15H,10-13H2,1H3,(H,21,24)/t15-/m0/s1. The Morgan fingerprint density at radius 3 is 2.33 bits per heavy atom. The number of amides is 1. The third-order valence-electron chi connectivity index (χ3n) is 4.68. The van der Waals surface area contributed by atoms with Crippen LogP contribution in [-0.2, 0) is 14.8 Å². The Balaban J connectivity index is 1.60. The number of benzene rings is 2. The van der Waals surface area contributed by atoms with Gasteiger partial charge >= 0.3 is 0 Å². The third-order valence-corrected chi connectivity index (χ3v) is 6.81. The molecule has 1 heterocycles. The topological polar surface area (TPSA) is 69.7 Å². The van der Waals surface area contributed by atoms with E-state index in [0.717, 1.165) is 5.69 Å². The summed E-state index contributed by atoms with van der Waals surface area (Å²) in [5.41, 5.74) is 0.747. The van der Waals surface area contributed by atoms with Gasteiger partial charge in [0.05, 0.1) is 10.9 Å². The van der Waals surface area contributed by atoms with E-state index in [1.165, 1.54) is 10.4 Å². The lowest BCUT2D eigenvalue weighted by Crippen LogP contribution is -2.53. The highest BCUT2D eigenvalue weighted by Crippen LogP contribution is 2.21. The molecule has 1 amide bonds. The van der Waals surface area contributed by atoms with Gasteiger partial charge in [-0.15, -0.1) is 0 Å². The summed E-state index contributed by atoms with van der Waals surface area (Å²) in [6.45, 7) is 3.47. The minimum Gasteiger partial charge on any atom is -0.325 e. The first-order valence-corrected chi connectivity index (χ1v) is 10.6. The molecule has 1 aliphatic heterocycles. The number of carbonyl (C=O) groups excluding carboxylic acids is 1. The first kappa shape index (κ1) is 19.8. The second kappa shape index (κ2) is 8.39. The molecule has 2 aromatic rings. The predicted molar refractivity (Wildman–Crippen MR) is 106 cm³/mol. The molecule has 0 aromatic heterocycles. The summed E-state index contributed by atoms with van der Waals surface area (Å²) in [7, 11) is -3.58. The number of halogens is 1. The molecule has 6 nitrogen and oxygen atoms in total. The summed E-state index contributed by atoms with van der Waals surface area (Å²) in [6.07, 6.45) is 0. The summed E-state index contributed by atoms with van der Waals surface area (Å²) in [5.74, 6) is -0.104. The van der Waals surface area contributed by atoms with Crippen molar-refractivity contribution in [2.75, 3.05) is 31.5 Å². The zero-order valence-corrected chi connectivity index (χ0v) is 16.6. The molecule has 3 rings (SSSR count). The second-order valence-corrected chi connectivity index (χ2v) is 8.80. The fourth-order valence-electron chi connectivity index (χ4n) is 3.04. The van der Waals surface area contributed by atoms with Gasteiger partial charge < -0.3 is 5.32 Å². The maximum absolute atomic E-state index is 12.8. The van der Waals surface area contributed by atoms with E-state index in [4.69, 9.17) is 11.6 Å². The van der Waals surface area contributed by atoms with Gasteiger partial charge in [-0.1, -0.05) is 35.9 Å². The minimum absolute atomic E-state index is 0.104. The van der Waals surface area contributed by atoms with Crippen LogP contribution in [-0.4, -0.2) is 55.8 Å². The van der Waals surface area contributed by atoms with Crippen molar-refractivity contribution in [3.63, 3.8) is 0 Å². The number of carbonyl (C=O) groups is 1. The van der Waals surface area contributed by atoms with E-state index in [1.807, 2.05) is 42.2 Å². The molecule has 1 fully saturated rings. The number of hydrogen-bond acceptors (Lipinski definition) is 4. The van der Waals surface area contributed by atoms with Crippen LogP contribution in [0.15, 0.2) is 59.5 Å². The van der Waals surface area contributed by atoms with Gasteiger partial charge in [0.15, 0.2) is 0 Å². The molecule has 0 bridgehead atoms. The highest BCUT2D eigenvalue weighted by Gasteiger charge is 2.31. The van der Waals surface area contributed by atoms with Crippen molar-refractivity contribution in [1.82, 2.24) is 9.21 Å². The van der Waals surface area contributed by atoms with Crippen LogP contribution in [0.1, 0.15) is 6.92 Å². The molecule has 0 saturated carbocycles. The van der Waals surface area contributed by atoms with Crippen molar-refractivity contribution in [2.45, 2.75) is 17.9 Å². The molecule has 144 valence electrons. The van der Waals surface area contributed by atoms with Gasteiger partial charge in [0.1, 0.15) is 0 Å². The Kier molecular flexibility index (Phi) is 6.16. The lowest BCUT2D eigenvalue weighted by Gasteiger charge is -2.36. The summed E-state index contributed by atoms with van der Waals surface area (Å²) in [5, 5.41) is 3.28. The third kappa shape index (κ3) is 4.68. The summed E-state index contributed by atoms with van der Waals surface area (Å²) >= 11 is 5.92. The smallest absolute Gasteiger partial charge is 0.243 e. The Morgan fingerprint density at radius 2 is 1.70 bits per heavy atom. The molecule has 0 spiro atoms. The SMILES string of the molecule is C[C@@H](C(=O)Nc1ccccc1)N1CCN(S(=O)(=O)c2cccc(Cl)c2)CC1. The second-order valence-electron chi connectivity index (χ2n) is 6.43. The Labute approximate surface area is 164 Å². The van der Waals surface area contributed by atoms with E-state index in [9.17, 15) is 13.2 Å². The zero-order valence-electron chi connectivity index (χ0n) is 15.0. The maximum atomic E-state index is 12.8. The maximum Gasteiger partial charge on any atom is 0.243 e. The van der Waals surface area contributed by atoms with E-state index in [-0.39, 0.29) is 16.8 Å². The molecule has 1 aliphatic rings. The monoisotopic (exact) mass is 407 g/mol. The van der Waals surface area contributed by atoms with Gasteiger partial charge in [-0.05, 0) is 37.3 Å². The minimum atomic E-state index is -3.58. The van der Waals surface area contributed by atoms with Crippen molar-refractivity contribution in [3.8, 4) is 0 Å². The summed E-state index contributed by atoms with van der Waals surface area (Å²) < 4.78 is 27.0. The first-order valence-electron chi connectivity index (χ1n) is 8.73. The van der Waals surface area contributed by atoms with Crippen molar-refractivity contribution < 1.29 is 13.2 Å². The molecule has 1 saturated heterocycles.